The van der Waals surface area contributed by atoms with E-state index in [0.717, 1.165) is 11.8 Å². The number of rotatable bonds is 4. The number of allylic oxidation sites excluding steroid dienone is 8. The van der Waals surface area contributed by atoms with Gasteiger partial charge in [0.25, 0.3) is 0 Å². The summed E-state index contributed by atoms with van der Waals surface area (Å²) in [6.07, 6.45) is 12.1. The molecule has 0 bridgehead atoms. The topological polar surface area (TPSA) is 0 Å². The predicted molar refractivity (Wildman–Crippen MR) is 77.0 cm³/mol. The fourth-order valence-electron chi connectivity index (χ4n) is 2.94. The molecule has 0 spiro atoms. The molecule has 0 aromatic heterocycles. The van der Waals surface area contributed by atoms with Gasteiger partial charge in [0.2, 0.25) is 0 Å². The molecule has 0 unspecified atom stereocenters. The van der Waals surface area contributed by atoms with E-state index in [1.54, 1.807) is 11.1 Å². The summed E-state index contributed by atoms with van der Waals surface area (Å²) in [6, 6.07) is 0. The van der Waals surface area contributed by atoms with Crippen LogP contribution in [-0.2, 0) is 0 Å². The first-order chi connectivity index (χ1) is 8.09. The predicted octanol–water partition coefficient (Wildman–Crippen LogP) is 4.43. The second-order valence-electron chi connectivity index (χ2n) is 5.82. The summed E-state index contributed by atoms with van der Waals surface area (Å²) in [4.78, 5) is 0. The minimum absolute atomic E-state index is 0.723. The molecule has 0 aromatic carbocycles. The van der Waals surface area contributed by atoms with Crippen LogP contribution in [0.2, 0.25) is 0 Å². The van der Waals surface area contributed by atoms with Gasteiger partial charge in [-0.15, -0.1) is 0 Å². The van der Waals surface area contributed by atoms with Crippen molar-refractivity contribution in [3.8, 4) is 0 Å². The second kappa shape index (κ2) is 6.12. The van der Waals surface area contributed by atoms with Gasteiger partial charge in [0.15, 0.2) is 0 Å². The Balaban J connectivity index is 2.18. The fraction of sp³-hybridized carbons (Fsp3) is 0.500. The van der Waals surface area contributed by atoms with Crippen LogP contribution >= 0.6 is 0 Å². The van der Waals surface area contributed by atoms with Crippen LogP contribution in [0, 0.1) is 11.8 Å². The van der Waals surface area contributed by atoms with Crippen LogP contribution in [0.3, 0.4) is 0 Å². The van der Waals surface area contributed by atoms with Gasteiger partial charge in [-0.05, 0) is 0 Å². The molecule has 0 radical (unpaired) electrons. The Morgan fingerprint density at radius 3 is 1.59 bits per heavy atom. The Bertz CT molecular complexity index is 377. The van der Waals surface area contributed by atoms with Crippen LogP contribution in [0.25, 0.3) is 0 Å². The van der Waals surface area contributed by atoms with Gasteiger partial charge in [0.05, 0.1) is 0 Å². The van der Waals surface area contributed by atoms with Crippen molar-refractivity contribution in [3.05, 3.63) is 35.5 Å². The van der Waals surface area contributed by atoms with Crippen molar-refractivity contribution in [1.29, 1.82) is 0 Å². The van der Waals surface area contributed by atoms with E-state index in [1.807, 2.05) is 0.0821 Å². The Morgan fingerprint density at radius 1 is 0.824 bits per heavy atom. The molecule has 0 N–H and O–H groups in total. The van der Waals surface area contributed by atoms with Crippen molar-refractivity contribution < 1.29 is 0 Å². The van der Waals surface area contributed by atoms with Gasteiger partial charge >= 0.3 is 132 Å². The summed E-state index contributed by atoms with van der Waals surface area (Å²) in [5, 5.41) is 0. The van der Waals surface area contributed by atoms with E-state index in [2.05, 4.69) is 52.0 Å². The number of hydrogen-bond donors (Lipinski definition) is 0. The van der Waals surface area contributed by atoms with Gasteiger partial charge in [0.1, 0.15) is 0 Å². The van der Waals surface area contributed by atoms with E-state index >= 15 is 0 Å². The number of hydrogen-bond acceptors (Lipinski definition) is 0. The Labute approximate surface area is 130 Å². The first-order valence-electron chi connectivity index (χ1n) is 6.86. The van der Waals surface area contributed by atoms with Crippen molar-refractivity contribution in [2.75, 3.05) is 0 Å². The van der Waals surface area contributed by atoms with E-state index in [9.17, 15) is 0 Å². The van der Waals surface area contributed by atoms with Crippen LogP contribution in [0.1, 0.15) is 40.5 Å². The summed E-state index contributed by atoms with van der Waals surface area (Å²) >= 11 is -1.01. The molecule has 2 aliphatic carbocycles. The average Bonchev–Trinajstić information content (AvgIpc) is 2.86. The third kappa shape index (κ3) is 3.30. The van der Waals surface area contributed by atoms with E-state index in [-0.39, 0.29) is 0 Å². The molecule has 1 heteroatoms. The third-order valence-electron chi connectivity index (χ3n) is 3.81. The van der Waals surface area contributed by atoms with E-state index in [4.69, 9.17) is 0 Å². The van der Waals surface area contributed by atoms with Gasteiger partial charge < -0.3 is 0 Å². The van der Waals surface area contributed by atoms with Crippen LogP contribution < -0.4 is 0 Å². The van der Waals surface area contributed by atoms with Crippen molar-refractivity contribution >= 4 is 44.2 Å². The second-order valence-corrected chi connectivity index (χ2v) is 12.3. The summed E-state index contributed by atoms with van der Waals surface area (Å²) < 4.78 is 3.74. The molecule has 88 valence electrons. The zero-order valence-electron chi connectivity index (χ0n) is 11.6. The van der Waals surface area contributed by atoms with Crippen LogP contribution in [-0.4, -0.2) is 44.2 Å². The molecule has 0 heterocycles. The molecule has 0 aromatic rings. The minimum atomic E-state index is -1.01. The van der Waals surface area contributed by atoms with Gasteiger partial charge in [-0.1, -0.05) is 0 Å². The standard InChI is InChI=1S/2C8H11.Ba/c2*1-7(2)8-5-3-4-6-8;/h2*3,5,7H,4H2,1-2H3;. The quantitative estimate of drug-likeness (QED) is 0.657. The summed E-state index contributed by atoms with van der Waals surface area (Å²) in [7, 11) is 0. The van der Waals surface area contributed by atoms with E-state index in [0.29, 0.717) is 0 Å². The molecule has 17 heavy (non-hydrogen) atoms. The summed E-state index contributed by atoms with van der Waals surface area (Å²) in [6.45, 7) is 9.35. The molecule has 0 saturated carbocycles. The monoisotopic (exact) mass is 352 g/mol. The molecule has 0 aliphatic heterocycles. The van der Waals surface area contributed by atoms with Gasteiger partial charge in [0, 0.05) is 0 Å². The van der Waals surface area contributed by atoms with Crippen molar-refractivity contribution in [2.45, 2.75) is 40.5 Å². The van der Waals surface area contributed by atoms with Gasteiger partial charge in [-0.3, -0.25) is 0 Å². The third-order valence-corrected chi connectivity index (χ3v) is 10.9. The normalized spacial score (nSPS) is 19.2. The first-order valence-corrected chi connectivity index (χ1v) is 11.3. The molecule has 2 aliphatic rings. The zero-order valence-corrected chi connectivity index (χ0v) is 16.0. The molecule has 0 nitrogen and oxygen atoms in total. The van der Waals surface area contributed by atoms with Gasteiger partial charge in [-0.25, -0.2) is 0 Å². The summed E-state index contributed by atoms with van der Waals surface area (Å²) in [5.41, 5.74) is 3.35. The van der Waals surface area contributed by atoms with Crippen LogP contribution in [0.15, 0.2) is 35.5 Å². The van der Waals surface area contributed by atoms with Crippen molar-refractivity contribution in [3.63, 3.8) is 0 Å². The molecular formula is C16H22Ba. The van der Waals surface area contributed by atoms with E-state index in [1.165, 1.54) is 12.8 Å². The Morgan fingerprint density at radius 2 is 1.24 bits per heavy atom. The molecule has 2 rings (SSSR count). The molecular weight excluding hydrogens is 330 g/mol. The SMILES string of the molecule is CC(C)C1=[C]([Ba][C]2=C(C(C)C)C=CC2)CC=C1. The van der Waals surface area contributed by atoms with Crippen LogP contribution in [0.5, 0.6) is 0 Å². The van der Waals surface area contributed by atoms with Crippen molar-refractivity contribution in [2.24, 2.45) is 11.8 Å². The van der Waals surface area contributed by atoms with E-state index < -0.39 is 44.2 Å². The maximum absolute atomic E-state index is 2.39. The molecule has 0 fully saturated rings. The molecule has 0 saturated heterocycles. The van der Waals surface area contributed by atoms with Crippen molar-refractivity contribution in [1.82, 2.24) is 0 Å². The fourth-order valence-corrected chi connectivity index (χ4v) is 11.1. The average molecular weight is 352 g/mol. The maximum atomic E-state index is 2.39. The summed E-state index contributed by atoms with van der Waals surface area (Å²) in [5.74, 6) is 1.45. The molecule has 0 atom stereocenters. The van der Waals surface area contributed by atoms with Crippen LogP contribution in [0.4, 0.5) is 0 Å². The molecule has 0 amide bonds. The first kappa shape index (κ1) is 14.0. The Hall–Kier alpha value is 0.531. The van der Waals surface area contributed by atoms with Gasteiger partial charge in [-0.2, -0.15) is 0 Å². The zero-order chi connectivity index (χ0) is 12.4. The Kier molecular flexibility index (Phi) is 5.02.